The van der Waals surface area contributed by atoms with Crippen molar-refractivity contribution < 1.29 is 13.2 Å². The summed E-state index contributed by atoms with van der Waals surface area (Å²) in [5.41, 5.74) is 3.12. The summed E-state index contributed by atoms with van der Waals surface area (Å²) in [4.78, 5) is 14.9. The molecule has 1 aliphatic rings. The van der Waals surface area contributed by atoms with Crippen LogP contribution < -0.4 is 14.5 Å². The van der Waals surface area contributed by atoms with Crippen LogP contribution in [0.4, 0.5) is 11.4 Å². The van der Waals surface area contributed by atoms with E-state index in [2.05, 4.69) is 34.5 Å². The van der Waals surface area contributed by atoms with Gasteiger partial charge in [0.25, 0.3) is 0 Å². The zero-order chi connectivity index (χ0) is 21.6. The van der Waals surface area contributed by atoms with Crippen molar-refractivity contribution in [2.45, 2.75) is 19.3 Å². The minimum Gasteiger partial charge on any atom is -0.371 e. The van der Waals surface area contributed by atoms with E-state index >= 15 is 0 Å². The smallest absolute Gasteiger partial charge is 0.304 e. The Labute approximate surface area is 179 Å². The molecule has 0 fully saturated rings. The maximum Gasteiger partial charge on any atom is 0.304 e. The molecule has 0 atom stereocenters. The summed E-state index contributed by atoms with van der Waals surface area (Å²) in [6, 6.07) is 17.1. The van der Waals surface area contributed by atoms with Gasteiger partial charge in [-0.15, -0.1) is 0 Å². The number of anilines is 2. The van der Waals surface area contributed by atoms with Crippen molar-refractivity contribution in [2.24, 2.45) is 0 Å². The number of benzene rings is 2. The summed E-state index contributed by atoms with van der Waals surface area (Å²) in [5, 5.41) is 2.87. The van der Waals surface area contributed by atoms with Gasteiger partial charge in [-0.2, -0.15) is 12.7 Å². The van der Waals surface area contributed by atoms with Gasteiger partial charge in [-0.25, -0.2) is 4.31 Å². The Bertz CT molecular complexity index is 948. The normalized spacial score (nSPS) is 13.8. The molecule has 30 heavy (non-hydrogen) atoms. The fraction of sp³-hybridized carbons (Fsp3) is 0.409. The number of amides is 1. The molecule has 1 N–H and O–H groups in total. The molecule has 2 aromatic carbocycles. The number of carbonyl (C=O) groups is 1. The van der Waals surface area contributed by atoms with E-state index in [1.165, 1.54) is 25.3 Å². The van der Waals surface area contributed by atoms with E-state index in [9.17, 15) is 13.2 Å². The number of para-hydroxylation sites is 2. The van der Waals surface area contributed by atoms with Gasteiger partial charge in [0.15, 0.2) is 0 Å². The second-order valence-electron chi connectivity index (χ2n) is 7.56. The molecule has 162 valence electrons. The first-order valence-corrected chi connectivity index (χ1v) is 11.6. The molecule has 0 aliphatic carbocycles. The summed E-state index contributed by atoms with van der Waals surface area (Å²) in [6.45, 7) is 2.13. The molecule has 3 rings (SSSR count). The maximum atomic E-state index is 12.7. The second-order valence-corrected chi connectivity index (χ2v) is 9.62. The third kappa shape index (κ3) is 5.31. The molecule has 0 unspecified atom stereocenters. The van der Waals surface area contributed by atoms with Crippen molar-refractivity contribution in [1.82, 2.24) is 9.62 Å². The Morgan fingerprint density at radius 1 is 1.07 bits per heavy atom. The largest absolute Gasteiger partial charge is 0.371 e. The summed E-state index contributed by atoms with van der Waals surface area (Å²) >= 11 is 0. The zero-order valence-electron chi connectivity index (χ0n) is 17.6. The molecule has 2 aromatic rings. The van der Waals surface area contributed by atoms with Crippen LogP contribution in [0.5, 0.6) is 0 Å². The Morgan fingerprint density at radius 3 is 2.50 bits per heavy atom. The van der Waals surface area contributed by atoms with Crippen LogP contribution in [-0.4, -0.2) is 58.9 Å². The summed E-state index contributed by atoms with van der Waals surface area (Å²) in [7, 11) is -0.855. The molecule has 0 saturated carbocycles. The first kappa shape index (κ1) is 22.1. The van der Waals surface area contributed by atoms with Crippen LogP contribution in [-0.2, 0) is 21.4 Å². The number of rotatable bonds is 9. The fourth-order valence-electron chi connectivity index (χ4n) is 3.63. The molecular weight excluding hydrogens is 400 g/mol. The Hall–Kier alpha value is -2.58. The van der Waals surface area contributed by atoms with Crippen LogP contribution in [0, 0.1) is 0 Å². The first-order valence-electron chi connectivity index (χ1n) is 10.2. The SMILES string of the molecule is CN(C)S(=O)(=O)N(CC(=O)NCCCN1CCCc2ccccc21)c1ccccc1. The van der Waals surface area contributed by atoms with Crippen LogP contribution in [0.1, 0.15) is 18.4 Å². The number of nitrogens with zero attached hydrogens (tertiary/aromatic N) is 3. The van der Waals surface area contributed by atoms with Gasteiger partial charge in [0.2, 0.25) is 5.91 Å². The van der Waals surface area contributed by atoms with Crippen molar-refractivity contribution in [3.8, 4) is 0 Å². The molecule has 1 amide bonds. The van der Waals surface area contributed by atoms with Crippen LogP contribution in [0.3, 0.4) is 0 Å². The molecule has 1 heterocycles. The van der Waals surface area contributed by atoms with E-state index < -0.39 is 10.2 Å². The second kappa shape index (κ2) is 9.95. The zero-order valence-corrected chi connectivity index (χ0v) is 18.4. The number of aryl methyl sites for hydroxylation is 1. The van der Waals surface area contributed by atoms with Crippen LogP contribution in [0.15, 0.2) is 54.6 Å². The molecule has 0 radical (unpaired) electrons. The van der Waals surface area contributed by atoms with E-state index in [4.69, 9.17) is 0 Å². The monoisotopic (exact) mass is 430 g/mol. The van der Waals surface area contributed by atoms with E-state index in [1.54, 1.807) is 24.3 Å². The lowest BCUT2D eigenvalue weighted by Crippen LogP contribution is -2.46. The molecule has 0 spiro atoms. The lowest BCUT2D eigenvalue weighted by atomic mass is 10.0. The standard InChI is InChI=1S/C22H30N4O3S/c1-24(2)30(28,29)26(20-12-4-3-5-13-20)18-22(27)23-15-9-17-25-16-8-11-19-10-6-7-14-21(19)25/h3-7,10,12-14H,8-9,11,15-18H2,1-2H3,(H,23,27). The average Bonchev–Trinajstić information content (AvgIpc) is 2.75. The van der Waals surface area contributed by atoms with Gasteiger partial charge in [0.1, 0.15) is 6.54 Å². The summed E-state index contributed by atoms with van der Waals surface area (Å²) in [5.74, 6) is -0.316. The quantitative estimate of drug-likeness (QED) is 0.620. The minimum absolute atomic E-state index is 0.253. The molecule has 0 saturated heterocycles. The lowest BCUT2D eigenvalue weighted by molar-refractivity contribution is -0.119. The molecule has 0 aromatic heterocycles. The third-order valence-electron chi connectivity index (χ3n) is 5.20. The van der Waals surface area contributed by atoms with Gasteiger partial charge in [0, 0.05) is 39.4 Å². The Balaban J connectivity index is 1.54. The number of nitrogens with one attached hydrogen (secondary N) is 1. The van der Waals surface area contributed by atoms with Gasteiger partial charge in [-0.1, -0.05) is 36.4 Å². The molecule has 7 nitrogen and oxygen atoms in total. The van der Waals surface area contributed by atoms with E-state index in [0.29, 0.717) is 12.2 Å². The van der Waals surface area contributed by atoms with Crippen LogP contribution in [0.2, 0.25) is 0 Å². The summed E-state index contributed by atoms with van der Waals surface area (Å²) < 4.78 is 27.6. The molecule has 0 bridgehead atoms. The van der Waals surface area contributed by atoms with Gasteiger partial charge in [0.05, 0.1) is 5.69 Å². The molecule has 8 heteroatoms. The predicted octanol–water partition coefficient (Wildman–Crippen LogP) is 2.26. The highest BCUT2D eigenvalue weighted by Gasteiger charge is 2.27. The average molecular weight is 431 g/mol. The van der Waals surface area contributed by atoms with Crippen LogP contribution >= 0.6 is 0 Å². The fourth-order valence-corrected chi connectivity index (χ4v) is 4.69. The Kier molecular flexibility index (Phi) is 7.33. The third-order valence-corrected chi connectivity index (χ3v) is 7.02. The van der Waals surface area contributed by atoms with Crippen molar-refractivity contribution in [1.29, 1.82) is 0 Å². The highest BCUT2D eigenvalue weighted by atomic mass is 32.2. The van der Waals surface area contributed by atoms with Gasteiger partial charge < -0.3 is 10.2 Å². The van der Waals surface area contributed by atoms with E-state index in [1.807, 2.05) is 6.07 Å². The van der Waals surface area contributed by atoms with Crippen molar-refractivity contribution in [3.05, 3.63) is 60.2 Å². The first-order chi connectivity index (χ1) is 14.4. The van der Waals surface area contributed by atoms with Crippen LogP contribution in [0.25, 0.3) is 0 Å². The lowest BCUT2D eigenvalue weighted by Gasteiger charge is -2.31. The van der Waals surface area contributed by atoms with Crippen molar-refractivity contribution in [2.75, 3.05) is 49.5 Å². The van der Waals surface area contributed by atoms with Crippen molar-refractivity contribution in [3.63, 3.8) is 0 Å². The number of hydrogen-bond acceptors (Lipinski definition) is 4. The molecule has 1 aliphatic heterocycles. The minimum atomic E-state index is -3.77. The maximum absolute atomic E-state index is 12.7. The van der Waals surface area contributed by atoms with Gasteiger partial charge >= 0.3 is 10.2 Å². The highest BCUT2D eigenvalue weighted by molar-refractivity contribution is 7.90. The number of hydrogen-bond donors (Lipinski definition) is 1. The van der Waals surface area contributed by atoms with Gasteiger partial charge in [-0.3, -0.25) is 4.79 Å². The van der Waals surface area contributed by atoms with Gasteiger partial charge in [-0.05, 0) is 43.0 Å². The van der Waals surface area contributed by atoms with E-state index in [-0.39, 0.29) is 12.5 Å². The number of fused-ring (bicyclic) bond motifs is 1. The van der Waals surface area contributed by atoms with E-state index in [0.717, 1.165) is 41.0 Å². The highest BCUT2D eigenvalue weighted by Crippen LogP contribution is 2.26. The molecular formula is C22H30N4O3S. The Morgan fingerprint density at radius 2 is 1.77 bits per heavy atom. The summed E-state index contributed by atoms with van der Waals surface area (Å²) in [6.07, 6.45) is 3.04. The topological polar surface area (TPSA) is 73.0 Å². The van der Waals surface area contributed by atoms with Crippen molar-refractivity contribution >= 4 is 27.5 Å². The predicted molar refractivity (Wildman–Crippen MR) is 121 cm³/mol. The number of carbonyl (C=O) groups excluding carboxylic acids is 1.